The summed E-state index contributed by atoms with van der Waals surface area (Å²) in [6, 6.07) is 4.37. The number of aromatic nitrogens is 4. The number of rotatable bonds is 3. The van der Waals surface area contributed by atoms with Crippen LogP contribution in [0.1, 0.15) is 44.1 Å². The fourth-order valence-electron chi connectivity index (χ4n) is 4.59. The number of fused-ring (bicyclic) bond motifs is 2. The highest BCUT2D eigenvalue weighted by atomic mass is 15.3. The Morgan fingerprint density at radius 2 is 1.93 bits per heavy atom. The molecule has 1 N–H and O–H groups in total. The molecule has 0 radical (unpaired) electrons. The lowest BCUT2D eigenvalue weighted by Gasteiger charge is -2.23. The lowest BCUT2D eigenvalue weighted by Crippen LogP contribution is -2.17. The summed E-state index contributed by atoms with van der Waals surface area (Å²) in [5.74, 6) is 2.50. The summed E-state index contributed by atoms with van der Waals surface area (Å²) in [6.07, 6.45) is 15.1. The summed E-state index contributed by atoms with van der Waals surface area (Å²) in [5, 5.41) is 7.45. The molecule has 2 aliphatic rings. The average Bonchev–Trinajstić information content (AvgIpc) is 3.16. The molecule has 3 aromatic rings. The fraction of sp³-hybridized carbons (Fsp3) is 0.364. The van der Waals surface area contributed by atoms with Gasteiger partial charge in [-0.1, -0.05) is 12.2 Å². The van der Waals surface area contributed by atoms with Crippen molar-refractivity contribution in [3.8, 4) is 11.1 Å². The second-order valence-corrected chi connectivity index (χ2v) is 7.64. The number of nitrogens with zero attached hydrogens (tertiary/aromatic N) is 5. The topological polar surface area (TPSA) is 67.5 Å². The van der Waals surface area contributed by atoms with E-state index in [0.29, 0.717) is 17.8 Å². The number of hydrogen-bond donors (Lipinski definition) is 1. The molecule has 4 heterocycles. The monoisotopic (exact) mass is 372 g/mol. The van der Waals surface area contributed by atoms with Gasteiger partial charge in [0.2, 0.25) is 5.95 Å². The zero-order chi connectivity index (χ0) is 19.1. The highest BCUT2D eigenvalue weighted by Crippen LogP contribution is 2.44. The van der Waals surface area contributed by atoms with Gasteiger partial charge in [-0.3, -0.25) is 0 Å². The predicted octanol–water partition coefficient (Wildman–Crippen LogP) is 4.77. The van der Waals surface area contributed by atoms with Crippen LogP contribution in [0, 0.1) is 5.92 Å². The van der Waals surface area contributed by atoms with Gasteiger partial charge in [0.25, 0.3) is 0 Å². The first kappa shape index (κ1) is 17.1. The van der Waals surface area contributed by atoms with Gasteiger partial charge < -0.3 is 5.32 Å². The van der Waals surface area contributed by atoms with Gasteiger partial charge in [0.1, 0.15) is 0 Å². The molecule has 0 saturated carbocycles. The summed E-state index contributed by atoms with van der Waals surface area (Å²) >= 11 is 0. The van der Waals surface area contributed by atoms with Crippen LogP contribution in [0.4, 0.5) is 11.8 Å². The van der Waals surface area contributed by atoms with E-state index in [2.05, 4.69) is 46.6 Å². The van der Waals surface area contributed by atoms with E-state index in [-0.39, 0.29) is 0 Å². The largest absolute Gasteiger partial charge is 0.356 e. The number of pyridine rings is 1. The molecule has 1 aliphatic carbocycles. The van der Waals surface area contributed by atoms with Crippen molar-refractivity contribution in [1.29, 1.82) is 0 Å². The molecule has 3 aromatic heterocycles. The second kappa shape index (κ2) is 6.86. The quantitative estimate of drug-likeness (QED) is 0.673. The predicted molar refractivity (Wildman–Crippen MR) is 112 cm³/mol. The number of nitrogens with one attached hydrogen (secondary N) is 1. The van der Waals surface area contributed by atoms with Gasteiger partial charge in [-0.25, -0.2) is 19.5 Å². The Morgan fingerprint density at radius 1 is 1.11 bits per heavy atom. The molecule has 1 unspecified atom stereocenters. The number of allylic oxidation sites excluding steroid dienone is 2. The maximum absolute atomic E-state index is 4.79. The van der Waals surface area contributed by atoms with Crippen LogP contribution in [0.15, 0.2) is 47.9 Å². The minimum atomic E-state index is 0.378. The average molecular weight is 372 g/mol. The maximum atomic E-state index is 4.79. The maximum Gasteiger partial charge on any atom is 0.240 e. The Bertz CT molecular complexity index is 1080. The van der Waals surface area contributed by atoms with E-state index in [1.807, 2.05) is 30.2 Å². The van der Waals surface area contributed by atoms with E-state index in [4.69, 9.17) is 9.98 Å². The van der Waals surface area contributed by atoms with E-state index in [9.17, 15) is 0 Å². The summed E-state index contributed by atoms with van der Waals surface area (Å²) in [5.41, 5.74) is 5.66. The first-order valence-corrected chi connectivity index (χ1v) is 9.97. The van der Waals surface area contributed by atoms with Gasteiger partial charge in [-0.2, -0.15) is 0 Å². The minimum Gasteiger partial charge on any atom is -0.356 e. The van der Waals surface area contributed by atoms with Crippen molar-refractivity contribution in [2.24, 2.45) is 10.9 Å². The molecule has 142 valence electrons. The smallest absolute Gasteiger partial charge is 0.240 e. The molecule has 0 amide bonds. The molecule has 5 rings (SSSR count). The fourth-order valence-corrected chi connectivity index (χ4v) is 4.59. The van der Waals surface area contributed by atoms with Crippen molar-refractivity contribution < 1.29 is 0 Å². The minimum absolute atomic E-state index is 0.378. The van der Waals surface area contributed by atoms with Crippen LogP contribution in [-0.2, 0) is 0 Å². The van der Waals surface area contributed by atoms with Crippen molar-refractivity contribution in [1.82, 2.24) is 19.6 Å². The lowest BCUT2D eigenvalue weighted by molar-refractivity contribution is 0.442. The standard InChI is InChI=1S/C22H24N6/c1-14-20(15-7-5-3-4-6-8-15)18-11-16(12-24-21(18)26-14)17-9-10-28-19(17)13-25-22(23-2)27-28/h3-4,9-13,15,20H,5-8H2,1-2H3,(H,23,27). The third-order valence-electron chi connectivity index (χ3n) is 5.96. The van der Waals surface area contributed by atoms with Gasteiger partial charge in [0.15, 0.2) is 5.82 Å². The van der Waals surface area contributed by atoms with Gasteiger partial charge >= 0.3 is 0 Å². The zero-order valence-corrected chi connectivity index (χ0v) is 16.3. The highest BCUT2D eigenvalue weighted by molar-refractivity contribution is 5.96. The molecule has 0 saturated heterocycles. The van der Waals surface area contributed by atoms with E-state index < -0.39 is 0 Å². The summed E-state index contributed by atoms with van der Waals surface area (Å²) in [7, 11) is 1.82. The van der Waals surface area contributed by atoms with E-state index in [1.54, 1.807) is 0 Å². The summed E-state index contributed by atoms with van der Waals surface area (Å²) in [4.78, 5) is 13.9. The number of anilines is 1. The number of aliphatic imine (C=N–C) groups is 1. The van der Waals surface area contributed by atoms with Crippen LogP contribution < -0.4 is 5.32 Å². The molecule has 1 aliphatic heterocycles. The molecular weight excluding hydrogens is 348 g/mol. The lowest BCUT2D eigenvalue weighted by atomic mass is 9.79. The molecule has 6 nitrogen and oxygen atoms in total. The van der Waals surface area contributed by atoms with E-state index >= 15 is 0 Å². The van der Waals surface area contributed by atoms with Gasteiger partial charge in [-0.05, 0) is 50.7 Å². The molecule has 0 bridgehead atoms. The van der Waals surface area contributed by atoms with Crippen LogP contribution in [0.5, 0.6) is 0 Å². The van der Waals surface area contributed by atoms with Crippen molar-refractivity contribution in [3.63, 3.8) is 0 Å². The third kappa shape index (κ3) is 2.80. The first-order valence-electron chi connectivity index (χ1n) is 9.97. The van der Waals surface area contributed by atoms with Gasteiger partial charge in [0, 0.05) is 47.8 Å². The van der Waals surface area contributed by atoms with E-state index in [0.717, 1.165) is 35.3 Å². The Hall–Kier alpha value is -3.02. The molecule has 1 atom stereocenters. The molecule has 28 heavy (non-hydrogen) atoms. The molecule has 6 heteroatoms. The van der Waals surface area contributed by atoms with Crippen LogP contribution in [0.3, 0.4) is 0 Å². The molecule has 0 spiro atoms. The number of hydrogen-bond acceptors (Lipinski definition) is 5. The first-order chi connectivity index (χ1) is 13.7. The van der Waals surface area contributed by atoms with E-state index in [1.165, 1.54) is 24.1 Å². The van der Waals surface area contributed by atoms with Crippen LogP contribution in [0.2, 0.25) is 0 Å². The SMILES string of the molecule is CNc1ncc2c(-c3cnc4c(c3)C(C3CCC=CCC3)C(C)=N4)ccn2n1. The van der Waals surface area contributed by atoms with Gasteiger partial charge in [-0.15, -0.1) is 5.10 Å². The second-order valence-electron chi connectivity index (χ2n) is 7.64. The van der Waals surface area contributed by atoms with Crippen molar-refractivity contribution in [2.45, 2.75) is 38.5 Å². The highest BCUT2D eigenvalue weighted by Gasteiger charge is 2.32. The van der Waals surface area contributed by atoms with Gasteiger partial charge in [0.05, 0.1) is 11.7 Å². The Labute approximate surface area is 164 Å². The van der Waals surface area contributed by atoms with Crippen molar-refractivity contribution >= 4 is 23.0 Å². The molecular formula is C22H24N6. The van der Waals surface area contributed by atoms with Crippen LogP contribution in [0.25, 0.3) is 16.6 Å². The summed E-state index contributed by atoms with van der Waals surface area (Å²) in [6.45, 7) is 2.16. The Kier molecular flexibility index (Phi) is 4.19. The van der Waals surface area contributed by atoms with Crippen molar-refractivity contribution in [3.05, 3.63) is 48.4 Å². The van der Waals surface area contributed by atoms with Crippen LogP contribution >= 0.6 is 0 Å². The summed E-state index contributed by atoms with van der Waals surface area (Å²) < 4.78 is 1.86. The van der Waals surface area contributed by atoms with Crippen LogP contribution in [-0.4, -0.2) is 32.3 Å². The zero-order valence-electron chi connectivity index (χ0n) is 16.3. The van der Waals surface area contributed by atoms with Crippen molar-refractivity contribution in [2.75, 3.05) is 12.4 Å². The normalized spacial score (nSPS) is 19.5. The Balaban J connectivity index is 1.55. The molecule has 0 fully saturated rings. The third-order valence-corrected chi connectivity index (χ3v) is 5.96. The molecule has 0 aromatic carbocycles. The Morgan fingerprint density at radius 3 is 2.71 bits per heavy atom.